The van der Waals surface area contributed by atoms with E-state index in [0.717, 1.165) is 22.4 Å². The first-order valence-corrected chi connectivity index (χ1v) is 7.20. The van der Waals surface area contributed by atoms with Gasteiger partial charge in [-0.15, -0.1) is 0 Å². The zero-order chi connectivity index (χ0) is 13.0. The Balaban J connectivity index is 1.97. The molecule has 0 aromatic heterocycles. The molecule has 100 valence electrons. The second-order valence-corrected chi connectivity index (χ2v) is 5.52. The molecular weight excluding hydrogens is 246 g/mol. The van der Waals surface area contributed by atoms with Gasteiger partial charge in [-0.1, -0.05) is 24.9 Å². The smallest absolute Gasteiger partial charge is 0.121 e. The second-order valence-electron chi connectivity index (χ2n) is 5.12. The summed E-state index contributed by atoms with van der Waals surface area (Å²) < 4.78 is 5.23. The van der Waals surface area contributed by atoms with Gasteiger partial charge in [0.05, 0.1) is 17.8 Å². The minimum atomic E-state index is 0.553. The Morgan fingerprint density at radius 1 is 1.28 bits per heavy atom. The fourth-order valence-electron chi connectivity index (χ4n) is 2.68. The molecule has 0 amide bonds. The van der Waals surface area contributed by atoms with Crippen LogP contribution in [-0.4, -0.2) is 13.2 Å². The Bertz CT molecular complexity index is 386. The fourth-order valence-corrected chi connectivity index (χ4v) is 2.85. The van der Waals surface area contributed by atoms with E-state index in [1.807, 2.05) is 18.2 Å². The predicted molar refractivity (Wildman–Crippen MR) is 77.7 cm³/mol. The zero-order valence-corrected chi connectivity index (χ0v) is 12.0. The van der Waals surface area contributed by atoms with Gasteiger partial charge < -0.3 is 10.1 Å². The van der Waals surface area contributed by atoms with Crippen LogP contribution in [0.15, 0.2) is 18.2 Å². The molecule has 0 heterocycles. The summed E-state index contributed by atoms with van der Waals surface area (Å²) in [6.45, 7) is 2.29. The molecule has 0 bridgehead atoms. The van der Waals surface area contributed by atoms with Crippen molar-refractivity contribution in [2.45, 2.75) is 45.1 Å². The number of anilines is 1. The number of methoxy groups -OCH3 is 1. The Hall–Kier alpha value is -0.890. The summed E-state index contributed by atoms with van der Waals surface area (Å²) in [5.74, 6) is 1.77. The van der Waals surface area contributed by atoms with Gasteiger partial charge in [0.2, 0.25) is 0 Å². The van der Waals surface area contributed by atoms with Crippen LogP contribution in [0.4, 0.5) is 5.69 Å². The first-order chi connectivity index (χ1) is 8.72. The summed E-state index contributed by atoms with van der Waals surface area (Å²) in [5.41, 5.74) is 0.996. The third-order valence-electron chi connectivity index (χ3n) is 3.96. The van der Waals surface area contributed by atoms with Gasteiger partial charge in [0.15, 0.2) is 0 Å². The third-order valence-corrected chi connectivity index (χ3v) is 4.29. The maximum atomic E-state index is 6.21. The number of benzene rings is 1. The van der Waals surface area contributed by atoms with E-state index in [4.69, 9.17) is 16.3 Å². The Kier molecular flexibility index (Phi) is 4.76. The van der Waals surface area contributed by atoms with Gasteiger partial charge in [-0.3, -0.25) is 0 Å². The summed E-state index contributed by atoms with van der Waals surface area (Å²) in [6.07, 6.45) is 6.45. The monoisotopic (exact) mass is 267 g/mol. The standard InChI is InChI=1S/C15H22ClNO/c1-3-11-4-6-12(7-5-11)17-15-10-13(18-2)8-9-14(15)16/h8-12,17H,3-7H2,1-2H3. The maximum Gasteiger partial charge on any atom is 0.121 e. The molecule has 0 saturated heterocycles. The largest absolute Gasteiger partial charge is 0.497 e. The van der Waals surface area contributed by atoms with Crippen LogP contribution in [0.5, 0.6) is 5.75 Å². The first-order valence-electron chi connectivity index (χ1n) is 6.83. The summed E-state index contributed by atoms with van der Waals surface area (Å²) in [7, 11) is 1.68. The van der Waals surface area contributed by atoms with E-state index >= 15 is 0 Å². The highest BCUT2D eigenvalue weighted by Gasteiger charge is 2.20. The van der Waals surface area contributed by atoms with Crippen LogP contribution in [0, 0.1) is 5.92 Å². The number of rotatable bonds is 4. The molecule has 1 aliphatic carbocycles. The van der Waals surface area contributed by atoms with E-state index in [9.17, 15) is 0 Å². The van der Waals surface area contributed by atoms with Crippen LogP contribution in [0.1, 0.15) is 39.0 Å². The molecule has 2 nitrogen and oxygen atoms in total. The van der Waals surface area contributed by atoms with Crippen LogP contribution in [0.3, 0.4) is 0 Å². The van der Waals surface area contributed by atoms with Crippen molar-refractivity contribution in [3.63, 3.8) is 0 Å². The van der Waals surface area contributed by atoms with Crippen molar-refractivity contribution in [2.24, 2.45) is 5.92 Å². The van der Waals surface area contributed by atoms with Crippen LogP contribution < -0.4 is 10.1 Å². The van der Waals surface area contributed by atoms with Crippen molar-refractivity contribution < 1.29 is 4.74 Å². The average Bonchev–Trinajstić information content (AvgIpc) is 2.42. The highest BCUT2D eigenvalue weighted by molar-refractivity contribution is 6.33. The quantitative estimate of drug-likeness (QED) is 0.852. The van der Waals surface area contributed by atoms with E-state index in [0.29, 0.717) is 6.04 Å². The number of hydrogen-bond donors (Lipinski definition) is 1. The van der Waals surface area contributed by atoms with Crippen molar-refractivity contribution >= 4 is 17.3 Å². The van der Waals surface area contributed by atoms with Gasteiger partial charge >= 0.3 is 0 Å². The van der Waals surface area contributed by atoms with Gasteiger partial charge in [-0.2, -0.15) is 0 Å². The van der Waals surface area contributed by atoms with Crippen LogP contribution in [-0.2, 0) is 0 Å². The molecular formula is C15H22ClNO. The molecule has 1 aliphatic rings. The average molecular weight is 268 g/mol. The van der Waals surface area contributed by atoms with Gasteiger partial charge in [-0.05, 0) is 43.7 Å². The van der Waals surface area contributed by atoms with Crippen LogP contribution >= 0.6 is 11.6 Å². The molecule has 1 fully saturated rings. The first kappa shape index (κ1) is 13.5. The molecule has 1 N–H and O–H groups in total. The van der Waals surface area contributed by atoms with E-state index in [-0.39, 0.29) is 0 Å². The highest BCUT2D eigenvalue weighted by atomic mass is 35.5. The number of halogens is 1. The van der Waals surface area contributed by atoms with Crippen molar-refractivity contribution in [3.8, 4) is 5.75 Å². The molecule has 3 heteroatoms. The summed E-state index contributed by atoms with van der Waals surface area (Å²) in [5, 5.41) is 4.33. The molecule has 1 aromatic rings. The van der Waals surface area contributed by atoms with E-state index in [2.05, 4.69) is 12.2 Å². The minimum Gasteiger partial charge on any atom is -0.497 e. The normalized spacial score (nSPS) is 23.7. The maximum absolute atomic E-state index is 6.21. The molecule has 18 heavy (non-hydrogen) atoms. The summed E-state index contributed by atoms with van der Waals surface area (Å²) in [6, 6.07) is 6.31. The van der Waals surface area contributed by atoms with Crippen molar-refractivity contribution in [3.05, 3.63) is 23.2 Å². The van der Waals surface area contributed by atoms with Gasteiger partial charge in [-0.25, -0.2) is 0 Å². The van der Waals surface area contributed by atoms with Crippen molar-refractivity contribution in [1.29, 1.82) is 0 Å². The highest BCUT2D eigenvalue weighted by Crippen LogP contribution is 2.32. The van der Waals surface area contributed by atoms with Crippen molar-refractivity contribution in [1.82, 2.24) is 0 Å². The lowest BCUT2D eigenvalue weighted by Crippen LogP contribution is -2.26. The Morgan fingerprint density at radius 3 is 2.61 bits per heavy atom. The molecule has 1 saturated carbocycles. The lowest BCUT2D eigenvalue weighted by molar-refractivity contribution is 0.330. The molecule has 0 spiro atoms. The summed E-state index contributed by atoms with van der Waals surface area (Å²) in [4.78, 5) is 0. The lowest BCUT2D eigenvalue weighted by Gasteiger charge is -2.29. The van der Waals surface area contributed by atoms with Gasteiger partial charge in [0, 0.05) is 12.1 Å². The van der Waals surface area contributed by atoms with Crippen LogP contribution in [0.2, 0.25) is 5.02 Å². The number of ether oxygens (including phenoxy) is 1. The molecule has 0 radical (unpaired) electrons. The van der Waals surface area contributed by atoms with E-state index in [1.165, 1.54) is 32.1 Å². The number of hydrogen-bond acceptors (Lipinski definition) is 2. The molecule has 0 aliphatic heterocycles. The Morgan fingerprint density at radius 2 is 2.00 bits per heavy atom. The van der Waals surface area contributed by atoms with Gasteiger partial charge in [0.1, 0.15) is 5.75 Å². The minimum absolute atomic E-state index is 0.553. The number of nitrogens with one attached hydrogen (secondary N) is 1. The van der Waals surface area contributed by atoms with Crippen LogP contribution in [0.25, 0.3) is 0 Å². The molecule has 1 aromatic carbocycles. The van der Waals surface area contributed by atoms with E-state index < -0.39 is 0 Å². The summed E-state index contributed by atoms with van der Waals surface area (Å²) >= 11 is 6.21. The third kappa shape index (κ3) is 3.32. The topological polar surface area (TPSA) is 21.3 Å². The second kappa shape index (κ2) is 6.33. The molecule has 2 rings (SSSR count). The van der Waals surface area contributed by atoms with Crippen molar-refractivity contribution in [2.75, 3.05) is 12.4 Å². The fraction of sp³-hybridized carbons (Fsp3) is 0.600. The lowest BCUT2D eigenvalue weighted by atomic mass is 9.84. The Labute approximate surface area is 115 Å². The molecule has 0 unspecified atom stereocenters. The van der Waals surface area contributed by atoms with Gasteiger partial charge in [0.25, 0.3) is 0 Å². The molecule has 0 atom stereocenters. The zero-order valence-electron chi connectivity index (χ0n) is 11.2. The SMILES string of the molecule is CCC1CCC(Nc2cc(OC)ccc2Cl)CC1. The van der Waals surface area contributed by atoms with E-state index in [1.54, 1.807) is 7.11 Å². The predicted octanol–water partition coefficient (Wildman–Crippen LogP) is 4.73.